The molecule has 0 radical (unpaired) electrons. The summed E-state index contributed by atoms with van der Waals surface area (Å²) in [7, 11) is 0. The first kappa shape index (κ1) is 18.0. The zero-order valence-electron chi connectivity index (χ0n) is 14.0. The lowest BCUT2D eigenvalue weighted by Gasteiger charge is -2.16. The van der Waals surface area contributed by atoms with Gasteiger partial charge >= 0.3 is 5.97 Å². The van der Waals surface area contributed by atoms with E-state index in [-0.39, 0.29) is 24.8 Å². The van der Waals surface area contributed by atoms with Gasteiger partial charge in [0.25, 0.3) is 5.91 Å². The van der Waals surface area contributed by atoms with Crippen molar-refractivity contribution in [2.75, 3.05) is 26.2 Å². The van der Waals surface area contributed by atoms with Gasteiger partial charge in [0.15, 0.2) is 6.61 Å². The van der Waals surface area contributed by atoms with Crippen LogP contribution in [0.25, 0.3) is 0 Å². The number of hydrogen-bond acceptors (Lipinski definition) is 4. The SMILES string of the molecule is CCCNC(=O)COC(=O)[C@@H]1CC(=O)N(CCc2ccccc2)C1. The first-order chi connectivity index (χ1) is 11.6. The van der Waals surface area contributed by atoms with E-state index in [2.05, 4.69) is 5.32 Å². The molecule has 1 saturated heterocycles. The number of carbonyl (C=O) groups excluding carboxylic acids is 3. The number of hydrogen-bond donors (Lipinski definition) is 1. The van der Waals surface area contributed by atoms with Gasteiger partial charge in [0.1, 0.15) is 0 Å². The number of amides is 2. The molecule has 6 nitrogen and oxygen atoms in total. The van der Waals surface area contributed by atoms with Gasteiger partial charge in [-0.2, -0.15) is 0 Å². The molecule has 0 bridgehead atoms. The van der Waals surface area contributed by atoms with Gasteiger partial charge in [-0.3, -0.25) is 14.4 Å². The Bertz CT molecular complexity index is 574. The molecule has 1 heterocycles. The molecule has 2 amide bonds. The van der Waals surface area contributed by atoms with Gasteiger partial charge in [-0.1, -0.05) is 37.3 Å². The van der Waals surface area contributed by atoms with Crippen molar-refractivity contribution in [1.82, 2.24) is 10.2 Å². The normalized spacial score (nSPS) is 17.0. The predicted molar refractivity (Wildman–Crippen MR) is 89.1 cm³/mol. The quantitative estimate of drug-likeness (QED) is 0.725. The van der Waals surface area contributed by atoms with E-state index in [1.165, 1.54) is 0 Å². The lowest BCUT2D eigenvalue weighted by atomic mass is 10.1. The Morgan fingerprint density at radius 3 is 2.75 bits per heavy atom. The highest BCUT2D eigenvalue weighted by molar-refractivity contribution is 5.88. The van der Waals surface area contributed by atoms with Crippen molar-refractivity contribution < 1.29 is 19.1 Å². The number of nitrogens with zero attached hydrogens (tertiary/aromatic N) is 1. The maximum absolute atomic E-state index is 12.0. The number of benzene rings is 1. The molecular formula is C18H24N2O4. The average molecular weight is 332 g/mol. The Kier molecular flexibility index (Phi) is 6.78. The first-order valence-corrected chi connectivity index (χ1v) is 8.35. The molecule has 0 spiro atoms. The van der Waals surface area contributed by atoms with Gasteiger partial charge in [-0.05, 0) is 18.4 Å². The number of nitrogens with one attached hydrogen (secondary N) is 1. The van der Waals surface area contributed by atoms with E-state index in [1.54, 1.807) is 4.90 Å². The predicted octanol–water partition coefficient (Wildman–Crippen LogP) is 1.15. The van der Waals surface area contributed by atoms with Crippen LogP contribution in [0.4, 0.5) is 0 Å². The summed E-state index contributed by atoms with van der Waals surface area (Å²) >= 11 is 0. The largest absolute Gasteiger partial charge is 0.455 e. The molecule has 2 rings (SSSR count). The topological polar surface area (TPSA) is 75.7 Å². The molecular weight excluding hydrogens is 308 g/mol. The minimum absolute atomic E-state index is 0.0386. The van der Waals surface area contributed by atoms with E-state index in [4.69, 9.17) is 4.74 Å². The Morgan fingerprint density at radius 1 is 1.29 bits per heavy atom. The minimum atomic E-state index is -0.479. The second kappa shape index (κ2) is 9.05. The lowest BCUT2D eigenvalue weighted by molar-refractivity contribution is -0.152. The summed E-state index contributed by atoms with van der Waals surface area (Å²) in [5.41, 5.74) is 1.16. The maximum Gasteiger partial charge on any atom is 0.311 e. The summed E-state index contributed by atoms with van der Waals surface area (Å²) in [6, 6.07) is 9.91. The number of esters is 1. The highest BCUT2D eigenvalue weighted by Crippen LogP contribution is 2.19. The number of ether oxygens (including phenoxy) is 1. The van der Waals surface area contributed by atoms with Crippen LogP contribution in [0.5, 0.6) is 0 Å². The van der Waals surface area contributed by atoms with E-state index < -0.39 is 11.9 Å². The fourth-order valence-electron chi connectivity index (χ4n) is 2.62. The Balaban J connectivity index is 1.74. The van der Waals surface area contributed by atoms with Crippen molar-refractivity contribution in [2.45, 2.75) is 26.2 Å². The maximum atomic E-state index is 12.0. The molecule has 1 atom stereocenters. The van der Waals surface area contributed by atoms with Gasteiger partial charge in [0, 0.05) is 26.1 Å². The van der Waals surface area contributed by atoms with Crippen LogP contribution in [0.2, 0.25) is 0 Å². The third kappa shape index (κ3) is 5.37. The number of rotatable bonds is 8. The van der Waals surface area contributed by atoms with Crippen molar-refractivity contribution in [3.63, 3.8) is 0 Å². The Hall–Kier alpha value is -2.37. The van der Waals surface area contributed by atoms with Gasteiger partial charge in [0.2, 0.25) is 5.91 Å². The molecule has 1 aromatic rings. The van der Waals surface area contributed by atoms with Gasteiger partial charge in [-0.15, -0.1) is 0 Å². The van der Waals surface area contributed by atoms with Crippen LogP contribution in [-0.2, 0) is 25.5 Å². The van der Waals surface area contributed by atoms with Crippen LogP contribution in [0.1, 0.15) is 25.3 Å². The van der Waals surface area contributed by atoms with E-state index in [0.717, 1.165) is 18.4 Å². The molecule has 130 valence electrons. The third-order valence-corrected chi connectivity index (χ3v) is 3.98. The highest BCUT2D eigenvalue weighted by Gasteiger charge is 2.35. The second-order valence-electron chi connectivity index (χ2n) is 5.93. The highest BCUT2D eigenvalue weighted by atomic mass is 16.5. The Morgan fingerprint density at radius 2 is 2.04 bits per heavy atom. The van der Waals surface area contributed by atoms with Crippen molar-refractivity contribution in [1.29, 1.82) is 0 Å². The summed E-state index contributed by atoms with van der Waals surface area (Å²) in [6.07, 6.45) is 1.74. The fourth-order valence-corrected chi connectivity index (χ4v) is 2.62. The van der Waals surface area contributed by atoms with Crippen LogP contribution in [0.15, 0.2) is 30.3 Å². The summed E-state index contributed by atoms with van der Waals surface area (Å²) in [5.74, 6) is -1.30. The monoisotopic (exact) mass is 332 g/mol. The van der Waals surface area contributed by atoms with Crippen LogP contribution in [0, 0.1) is 5.92 Å². The molecule has 1 aliphatic heterocycles. The third-order valence-electron chi connectivity index (χ3n) is 3.98. The number of likely N-dealkylation sites (tertiary alicyclic amines) is 1. The van der Waals surface area contributed by atoms with Crippen molar-refractivity contribution in [2.24, 2.45) is 5.92 Å². The van der Waals surface area contributed by atoms with E-state index in [0.29, 0.717) is 19.6 Å². The Labute approximate surface area is 142 Å². The van der Waals surface area contributed by atoms with Crippen molar-refractivity contribution in [3.8, 4) is 0 Å². The summed E-state index contributed by atoms with van der Waals surface area (Å²) < 4.78 is 5.01. The molecule has 1 N–H and O–H groups in total. The molecule has 6 heteroatoms. The zero-order chi connectivity index (χ0) is 17.4. The molecule has 24 heavy (non-hydrogen) atoms. The fraction of sp³-hybridized carbons (Fsp3) is 0.500. The minimum Gasteiger partial charge on any atom is -0.455 e. The standard InChI is InChI=1S/C18H24N2O4/c1-2-9-19-16(21)13-24-18(23)15-11-17(22)20(12-15)10-8-14-6-4-3-5-7-14/h3-7,15H,2,8-13H2,1H3,(H,19,21)/t15-/m1/s1. The molecule has 0 unspecified atom stereocenters. The van der Waals surface area contributed by atoms with Crippen LogP contribution in [0.3, 0.4) is 0 Å². The average Bonchev–Trinajstić information content (AvgIpc) is 2.98. The molecule has 0 aromatic heterocycles. The lowest BCUT2D eigenvalue weighted by Crippen LogP contribution is -2.32. The zero-order valence-corrected chi connectivity index (χ0v) is 14.0. The van der Waals surface area contributed by atoms with Gasteiger partial charge < -0.3 is 15.0 Å². The molecule has 0 aliphatic carbocycles. The van der Waals surface area contributed by atoms with Gasteiger partial charge in [-0.25, -0.2) is 0 Å². The van der Waals surface area contributed by atoms with E-state index in [9.17, 15) is 14.4 Å². The van der Waals surface area contributed by atoms with E-state index >= 15 is 0 Å². The van der Waals surface area contributed by atoms with Crippen molar-refractivity contribution in [3.05, 3.63) is 35.9 Å². The summed E-state index contributed by atoms with van der Waals surface area (Å²) in [5, 5.41) is 2.64. The van der Waals surface area contributed by atoms with Crippen LogP contribution in [-0.4, -0.2) is 48.9 Å². The van der Waals surface area contributed by atoms with E-state index in [1.807, 2.05) is 37.3 Å². The number of carbonyl (C=O) groups is 3. The molecule has 1 aliphatic rings. The summed E-state index contributed by atoms with van der Waals surface area (Å²) in [6.45, 7) is 3.17. The van der Waals surface area contributed by atoms with Crippen molar-refractivity contribution >= 4 is 17.8 Å². The molecule has 1 aromatic carbocycles. The van der Waals surface area contributed by atoms with Crippen LogP contribution < -0.4 is 5.32 Å². The van der Waals surface area contributed by atoms with Gasteiger partial charge in [0.05, 0.1) is 5.92 Å². The molecule has 0 saturated carbocycles. The second-order valence-corrected chi connectivity index (χ2v) is 5.93. The summed E-state index contributed by atoms with van der Waals surface area (Å²) in [4.78, 5) is 37.2. The van der Waals surface area contributed by atoms with Crippen LogP contribution >= 0.6 is 0 Å². The molecule has 1 fully saturated rings. The smallest absolute Gasteiger partial charge is 0.311 e. The first-order valence-electron chi connectivity index (χ1n) is 8.35.